The summed E-state index contributed by atoms with van der Waals surface area (Å²) in [7, 11) is 1.80. The molecule has 0 aliphatic heterocycles. The highest BCUT2D eigenvalue weighted by Gasteiger charge is 2.10. The fourth-order valence-corrected chi connectivity index (χ4v) is 0.839. The summed E-state index contributed by atoms with van der Waals surface area (Å²) in [6, 6.07) is 0. The van der Waals surface area contributed by atoms with Gasteiger partial charge in [0, 0.05) is 18.8 Å². The number of hydrogen-bond donors (Lipinski definition) is 1. The number of nitrogens with zero attached hydrogens (tertiary/aromatic N) is 2. The summed E-state index contributed by atoms with van der Waals surface area (Å²) < 4.78 is 6.69. The first-order chi connectivity index (χ1) is 6.09. The SMILES string of the molecule is C[C@@H](OCc1cnn(C)c1)C(=O)O. The molecule has 0 spiro atoms. The summed E-state index contributed by atoms with van der Waals surface area (Å²) in [5.41, 5.74) is 0.871. The average Bonchev–Trinajstić information content (AvgIpc) is 2.47. The zero-order valence-corrected chi connectivity index (χ0v) is 7.60. The van der Waals surface area contributed by atoms with Gasteiger partial charge in [-0.15, -0.1) is 0 Å². The van der Waals surface area contributed by atoms with E-state index in [1.54, 1.807) is 24.1 Å². The van der Waals surface area contributed by atoms with Gasteiger partial charge in [-0.05, 0) is 6.92 Å². The van der Waals surface area contributed by atoms with Gasteiger partial charge in [-0.3, -0.25) is 4.68 Å². The topological polar surface area (TPSA) is 64.4 Å². The summed E-state index contributed by atoms with van der Waals surface area (Å²) >= 11 is 0. The van der Waals surface area contributed by atoms with Crippen molar-refractivity contribution in [2.45, 2.75) is 19.6 Å². The maximum atomic E-state index is 10.4. The van der Waals surface area contributed by atoms with E-state index in [0.29, 0.717) is 0 Å². The lowest BCUT2D eigenvalue weighted by atomic mass is 10.4. The van der Waals surface area contributed by atoms with E-state index in [2.05, 4.69) is 5.10 Å². The summed E-state index contributed by atoms with van der Waals surface area (Å²) in [6.07, 6.45) is 2.66. The minimum atomic E-state index is -0.955. The van der Waals surface area contributed by atoms with Crippen molar-refractivity contribution in [3.8, 4) is 0 Å². The molecule has 0 aromatic carbocycles. The van der Waals surface area contributed by atoms with Crippen LogP contribution in [-0.2, 0) is 23.2 Å². The van der Waals surface area contributed by atoms with Gasteiger partial charge in [0.2, 0.25) is 0 Å². The highest BCUT2D eigenvalue weighted by atomic mass is 16.5. The van der Waals surface area contributed by atoms with Gasteiger partial charge in [0.1, 0.15) is 0 Å². The molecular weight excluding hydrogens is 172 g/mol. The number of ether oxygens (including phenoxy) is 1. The summed E-state index contributed by atoms with van der Waals surface area (Å²) in [5.74, 6) is -0.955. The second kappa shape index (κ2) is 4.04. The number of rotatable bonds is 4. The van der Waals surface area contributed by atoms with Gasteiger partial charge in [-0.2, -0.15) is 5.10 Å². The molecule has 5 nitrogen and oxygen atoms in total. The predicted octanol–water partition coefficient (Wildman–Crippen LogP) is 0.410. The molecule has 0 radical (unpaired) electrons. The van der Waals surface area contributed by atoms with Gasteiger partial charge in [-0.1, -0.05) is 0 Å². The Labute approximate surface area is 75.9 Å². The van der Waals surface area contributed by atoms with Crippen molar-refractivity contribution in [1.29, 1.82) is 0 Å². The molecule has 0 saturated carbocycles. The Bertz CT molecular complexity index is 295. The quantitative estimate of drug-likeness (QED) is 0.736. The number of aromatic nitrogens is 2. The van der Waals surface area contributed by atoms with Crippen molar-refractivity contribution in [1.82, 2.24) is 9.78 Å². The largest absolute Gasteiger partial charge is 0.479 e. The van der Waals surface area contributed by atoms with E-state index in [9.17, 15) is 4.79 Å². The van der Waals surface area contributed by atoms with Crippen LogP contribution in [0, 0.1) is 0 Å². The average molecular weight is 184 g/mol. The van der Waals surface area contributed by atoms with Gasteiger partial charge in [0.25, 0.3) is 0 Å². The van der Waals surface area contributed by atoms with Crippen LogP contribution in [0.25, 0.3) is 0 Å². The molecule has 0 saturated heterocycles. The van der Waals surface area contributed by atoms with Crippen LogP contribution in [0.4, 0.5) is 0 Å². The molecule has 0 amide bonds. The summed E-state index contributed by atoms with van der Waals surface area (Å²) in [6.45, 7) is 1.78. The Morgan fingerprint density at radius 2 is 2.54 bits per heavy atom. The lowest BCUT2D eigenvalue weighted by Gasteiger charge is -2.05. The van der Waals surface area contributed by atoms with Gasteiger partial charge in [-0.25, -0.2) is 4.79 Å². The third-order valence-corrected chi connectivity index (χ3v) is 1.61. The molecule has 1 aromatic rings. The zero-order valence-electron chi connectivity index (χ0n) is 7.60. The smallest absolute Gasteiger partial charge is 0.332 e. The second-order valence-electron chi connectivity index (χ2n) is 2.81. The maximum absolute atomic E-state index is 10.4. The molecule has 0 aliphatic rings. The minimum Gasteiger partial charge on any atom is -0.479 e. The van der Waals surface area contributed by atoms with Crippen molar-refractivity contribution in [3.05, 3.63) is 18.0 Å². The van der Waals surface area contributed by atoms with E-state index in [1.807, 2.05) is 0 Å². The first-order valence-corrected chi connectivity index (χ1v) is 3.91. The second-order valence-corrected chi connectivity index (χ2v) is 2.81. The van der Waals surface area contributed by atoms with E-state index in [0.717, 1.165) is 5.56 Å². The number of aryl methyl sites for hydroxylation is 1. The van der Waals surface area contributed by atoms with Crippen LogP contribution in [0.3, 0.4) is 0 Å². The molecule has 5 heteroatoms. The first-order valence-electron chi connectivity index (χ1n) is 3.91. The summed E-state index contributed by atoms with van der Waals surface area (Å²) in [5, 5.41) is 12.4. The Kier molecular flexibility index (Phi) is 3.02. The monoisotopic (exact) mass is 184 g/mol. The molecule has 1 N–H and O–H groups in total. The van der Waals surface area contributed by atoms with Crippen LogP contribution >= 0.6 is 0 Å². The maximum Gasteiger partial charge on any atom is 0.332 e. The normalized spacial score (nSPS) is 12.8. The van der Waals surface area contributed by atoms with Crippen LogP contribution in [0.2, 0.25) is 0 Å². The zero-order chi connectivity index (χ0) is 9.84. The molecule has 1 rings (SSSR count). The highest BCUT2D eigenvalue weighted by molar-refractivity contribution is 5.71. The molecule has 0 aliphatic carbocycles. The highest BCUT2D eigenvalue weighted by Crippen LogP contribution is 2.01. The molecule has 0 unspecified atom stereocenters. The van der Waals surface area contributed by atoms with E-state index >= 15 is 0 Å². The van der Waals surface area contributed by atoms with Crippen LogP contribution in [0.15, 0.2) is 12.4 Å². The van der Waals surface area contributed by atoms with E-state index < -0.39 is 12.1 Å². The Morgan fingerprint density at radius 1 is 1.85 bits per heavy atom. The molecule has 72 valence electrons. The van der Waals surface area contributed by atoms with Crippen molar-refractivity contribution < 1.29 is 14.6 Å². The van der Waals surface area contributed by atoms with Crippen molar-refractivity contribution >= 4 is 5.97 Å². The third kappa shape index (κ3) is 2.87. The van der Waals surface area contributed by atoms with Crippen LogP contribution in [-0.4, -0.2) is 27.0 Å². The van der Waals surface area contributed by atoms with E-state index in [1.165, 1.54) is 6.92 Å². The van der Waals surface area contributed by atoms with E-state index in [4.69, 9.17) is 9.84 Å². The number of hydrogen-bond acceptors (Lipinski definition) is 3. The molecule has 0 bridgehead atoms. The van der Waals surface area contributed by atoms with Crippen LogP contribution in [0.1, 0.15) is 12.5 Å². The standard InChI is InChI=1S/C8H12N2O3/c1-6(8(11)12)13-5-7-3-9-10(2)4-7/h3-4,6H,5H2,1-2H3,(H,11,12)/t6-/m1/s1. The number of carboxylic acid groups (broad SMARTS) is 1. The van der Waals surface area contributed by atoms with Crippen molar-refractivity contribution in [2.24, 2.45) is 7.05 Å². The lowest BCUT2D eigenvalue weighted by molar-refractivity contribution is -0.149. The molecular formula is C8H12N2O3. The number of carboxylic acids is 1. The van der Waals surface area contributed by atoms with Crippen molar-refractivity contribution in [3.63, 3.8) is 0 Å². The minimum absolute atomic E-state index is 0.279. The number of aliphatic carboxylic acids is 1. The van der Waals surface area contributed by atoms with Gasteiger partial charge < -0.3 is 9.84 Å². The van der Waals surface area contributed by atoms with Gasteiger partial charge in [0.15, 0.2) is 6.10 Å². The third-order valence-electron chi connectivity index (χ3n) is 1.61. The molecule has 1 atom stereocenters. The van der Waals surface area contributed by atoms with Crippen LogP contribution < -0.4 is 0 Å². The Balaban J connectivity index is 2.39. The molecule has 13 heavy (non-hydrogen) atoms. The number of carbonyl (C=O) groups is 1. The first kappa shape index (κ1) is 9.73. The Hall–Kier alpha value is -1.36. The van der Waals surface area contributed by atoms with Crippen molar-refractivity contribution in [2.75, 3.05) is 0 Å². The van der Waals surface area contributed by atoms with E-state index in [-0.39, 0.29) is 6.61 Å². The van der Waals surface area contributed by atoms with Gasteiger partial charge in [0.05, 0.1) is 12.8 Å². The predicted molar refractivity (Wildman–Crippen MR) is 45.1 cm³/mol. The Morgan fingerprint density at radius 3 is 3.00 bits per heavy atom. The lowest BCUT2D eigenvalue weighted by Crippen LogP contribution is -2.19. The fourth-order valence-electron chi connectivity index (χ4n) is 0.839. The molecule has 1 heterocycles. The fraction of sp³-hybridized carbons (Fsp3) is 0.500. The molecule has 1 aromatic heterocycles. The molecule has 0 fully saturated rings. The summed E-state index contributed by atoms with van der Waals surface area (Å²) in [4.78, 5) is 10.4. The van der Waals surface area contributed by atoms with Crippen LogP contribution in [0.5, 0.6) is 0 Å². The van der Waals surface area contributed by atoms with Gasteiger partial charge >= 0.3 is 5.97 Å².